The molecule has 0 aliphatic rings. The Kier molecular flexibility index (Phi) is 6.43. The summed E-state index contributed by atoms with van der Waals surface area (Å²) in [4.78, 5) is 10.1. The molecule has 0 N–H and O–H groups in total. The molecule has 4 nitrogen and oxygen atoms in total. The van der Waals surface area contributed by atoms with E-state index >= 15 is 0 Å². The Morgan fingerprint density at radius 3 is 1.66 bits per heavy atom. The second-order valence-corrected chi connectivity index (χ2v) is 13.8. The first kappa shape index (κ1) is 29.7. The number of fused-ring (bicyclic) bond motifs is 11. The third kappa shape index (κ3) is 4.24. The summed E-state index contributed by atoms with van der Waals surface area (Å²) in [5, 5.41) is 5.91. The van der Waals surface area contributed by atoms with Crippen LogP contribution in [0.3, 0.4) is 0 Å². The van der Waals surface area contributed by atoms with Crippen LogP contribution in [0.25, 0.3) is 66.0 Å². The summed E-state index contributed by atoms with van der Waals surface area (Å²) in [6, 6.07) is 67.9. The van der Waals surface area contributed by atoms with Gasteiger partial charge in [-0.1, -0.05) is 140 Å². The monoisotopic (exact) mass is 676 g/mol. The summed E-state index contributed by atoms with van der Waals surface area (Å²) in [6.07, 6.45) is 1.87. The predicted octanol–water partition coefficient (Wildman–Crippen LogP) is 11.7. The number of pyridine rings is 2. The maximum Gasteiger partial charge on any atom is 0.146 e. The average molecular weight is 677 g/mol. The lowest BCUT2D eigenvalue weighted by Crippen LogP contribution is -2.31. The molecule has 0 atom stereocenters. The second-order valence-electron chi connectivity index (χ2n) is 13.8. The van der Waals surface area contributed by atoms with E-state index in [1.807, 2.05) is 12.3 Å². The Bertz CT molecular complexity index is 3120. The maximum absolute atomic E-state index is 5.30. The number of hydrogen-bond donors (Lipinski definition) is 0. The van der Waals surface area contributed by atoms with Gasteiger partial charge in [-0.25, -0.2) is 9.97 Å². The van der Waals surface area contributed by atoms with Crippen molar-refractivity contribution in [2.24, 2.45) is 0 Å². The molecule has 0 unspecified atom stereocenters. The van der Waals surface area contributed by atoms with Gasteiger partial charge in [0, 0.05) is 27.7 Å². The molecule has 4 aromatic heterocycles. The van der Waals surface area contributed by atoms with Gasteiger partial charge < -0.3 is 0 Å². The minimum Gasteiger partial charge on any atom is -0.294 e. The van der Waals surface area contributed by atoms with Crippen LogP contribution in [0.4, 0.5) is 0 Å². The second kappa shape index (κ2) is 11.5. The molecule has 0 bridgehead atoms. The number of benzene rings is 7. The van der Waals surface area contributed by atoms with Crippen molar-refractivity contribution in [3.63, 3.8) is 0 Å². The first-order valence-electron chi connectivity index (χ1n) is 18.1. The molecule has 4 heterocycles. The molecule has 11 rings (SSSR count). The minimum absolute atomic E-state index is 0.676. The summed E-state index contributed by atoms with van der Waals surface area (Å²) in [6.45, 7) is 0. The Morgan fingerprint density at radius 1 is 0.377 bits per heavy atom. The van der Waals surface area contributed by atoms with E-state index in [9.17, 15) is 0 Å². The van der Waals surface area contributed by atoms with Crippen LogP contribution >= 0.6 is 0 Å². The van der Waals surface area contributed by atoms with E-state index in [0.717, 1.165) is 44.4 Å². The van der Waals surface area contributed by atoms with Crippen LogP contribution in [-0.4, -0.2) is 18.9 Å². The molecule has 0 fully saturated rings. The van der Waals surface area contributed by atoms with Crippen LogP contribution in [0, 0.1) is 0 Å². The smallest absolute Gasteiger partial charge is 0.146 e. The topological polar surface area (TPSA) is 35.1 Å². The fraction of sp³-hybridized carbons (Fsp3) is 0.0204. The van der Waals surface area contributed by atoms with Crippen LogP contribution in [0.2, 0.25) is 0 Å². The highest BCUT2D eigenvalue weighted by Crippen LogP contribution is 2.48. The van der Waals surface area contributed by atoms with Crippen molar-refractivity contribution in [3.05, 3.63) is 217 Å². The lowest BCUT2D eigenvalue weighted by atomic mass is 9.65. The van der Waals surface area contributed by atoms with Crippen LogP contribution in [-0.2, 0) is 5.41 Å². The molecule has 0 aliphatic heterocycles. The van der Waals surface area contributed by atoms with E-state index in [1.54, 1.807) is 0 Å². The van der Waals surface area contributed by atoms with Crippen molar-refractivity contribution >= 4 is 60.2 Å². The molecule has 248 valence electrons. The molecule has 0 radical (unpaired) electrons. The third-order valence-corrected chi connectivity index (χ3v) is 11.1. The van der Waals surface area contributed by atoms with E-state index in [4.69, 9.17) is 9.97 Å². The Hall–Kier alpha value is -7.04. The Balaban J connectivity index is 1.30. The Morgan fingerprint density at radius 2 is 0.943 bits per heavy atom. The van der Waals surface area contributed by atoms with Gasteiger partial charge in [-0.15, -0.1) is 0 Å². The van der Waals surface area contributed by atoms with Gasteiger partial charge in [0.2, 0.25) is 0 Å². The van der Waals surface area contributed by atoms with Crippen molar-refractivity contribution in [2.75, 3.05) is 0 Å². The van der Waals surface area contributed by atoms with E-state index < -0.39 is 5.41 Å². The van der Waals surface area contributed by atoms with Crippen LogP contribution < -0.4 is 0 Å². The van der Waals surface area contributed by atoms with Crippen molar-refractivity contribution in [3.8, 4) is 5.82 Å². The number of aromatic nitrogens is 4. The number of imidazole rings is 1. The zero-order chi connectivity index (χ0) is 34.9. The lowest BCUT2D eigenvalue weighted by molar-refractivity contribution is 0.747. The highest BCUT2D eigenvalue weighted by molar-refractivity contribution is 6.14. The molecule has 7 aromatic carbocycles. The van der Waals surface area contributed by atoms with Crippen molar-refractivity contribution < 1.29 is 0 Å². The molecule has 0 saturated heterocycles. The van der Waals surface area contributed by atoms with Crippen molar-refractivity contribution in [1.82, 2.24) is 18.9 Å². The van der Waals surface area contributed by atoms with E-state index in [1.165, 1.54) is 43.8 Å². The van der Waals surface area contributed by atoms with Crippen molar-refractivity contribution in [1.29, 1.82) is 0 Å². The van der Waals surface area contributed by atoms with Gasteiger partial charge in [-0.2, -0.15) is 0 Å². The first-order valence-corrected chi connectivity index (χ1v) is 18.1. The summed E-state index contributed by atoms with van der Waals surface area (Å²) < 4.78 is 4.64. The summed E-state index contributed by atoms with van der Waals surface area (Å²) in [7, 11) is 0. The first-order chi connectivity index (χ1) is 26.3. The zero-order valence-electron chi connectivity index (χ0n) is 28.8. The average Bonchev–Trinajstić information content (AvgIpc) is 3.79. The van der Waals surface area contributed by atoms with Gasteiger partial charge in [0.25, 0.3) is 0 Å². The van der Waals surface area contributed by atoms with Gasteiger partial charge in [0.05, 0.1) is 33.0 Å². The molecule has 4 heteroatoms. The van der Waals surface area contributed by atoms with Crippen molar-refractivity contribution in [2.45, 2.75) is 5.41 Å². The molecule has 0 amide bonds. The molecule has 53 heavy (non-hydrogen) atoms. The largest absolute Gasteiger partial charge is 0.294 e. The lowest BCUT2D eigenvalue weighted by Gasteiger charge is -2.37. The van der Waals surface area contributed by atoms with Gasteiger partial charge in [-0.3, -0.25) is 8.97 Å². The molecule has 11 aromatic rings. The molecule has 0 saturated carbocycles. The molecular formula is C49H32N4. The number of hydrogen-bond acceptors (Lipinski definition) is 2. The minimum atomic E-state index is -0.676. The number of para-hydroxylation sites is 4. The van der Waals surface area contributed by atoms with Crippen LogP contribution in [0.5, 0.6) is 0 Å². The van der Waals surface area contributed by atoms with Gasteiger partial charge in [0.1, 0.15) is 11.5 Å². The standard InChI is InChI=1S/C49H32N4/c1-3-15-33(16-4-1)49(34-17-5-2-6-18-34,36-27-29-40-39-20-8-10-22-43(39)52(46(40)32-36)47-25-13-14-30-50-47)35-26-28-37-38-19-7-11-23-44(38)53-45-24-12-9-21-42(45)51-48(53)41(37)31-35/h1-32H. The SMILES string of the molecule is c1ccc(C(c2ccccc2)(c2ccc3c4ccccc4n4c5ccccc5nc4c3c2)c2ccc3c4ccccc4n(-c4ccccn4)c3c2)cc1. The van der Waals surface area contributed by atoms with Crippen LogP contribution in [0.15, 0.2) is 194 Å². The summed E-state index contributed by atoms with van der Waals surface area (Å²) in [5.74, 6) is 0.896. The summed E-state index contributed by atoms with van der Waals surface area (Å²) >= 11 is 0. The predicted molar refractivity (Wildman–Crippen MR) is 218 cm³/mol. The quantitative estimate of drug-likeness (QED) is 0.134. The molecular weight excluding hydrogens is 645 g/mol. The number of nitrogens with zero attached hydrogens (tertiary/aromatic N) is 4. The maximum atomic E-state index is 5.30. The van der Waals surface area contributed by atoms with E-state index in [-0.39, 0.29) is 0 Å². The van der Waals surface area contributed by atoms with Gasteiger partial charge in [0.15, 0.2) is 0 Å². The molecule has 0 spiro atoms. The van der Waals surface area contributed by atoms with Gasteiger partial charge in [-0.05, 0) is 76.2 Å². The third-order valence-electron chi connectivity index (χ3n) is 11.1. The van der Waals surface area contributed by atoms with Gasteiger partial charge >= 0.3 is 0 Å². The van der Waals surface area contributed by atoms with Crippen LogP contribution in [0.1, 0.15) is 22.3 Å². The zero-order valence-corrected chi connectivity index (χ0v) is 28.8. The van der Waals surface area contributed by atoms with E-state index in [0.29, 0.717) is 0 Å². The molecule has 0 aliphatic carbocycles. The highest BCUT2D eigenvalue weighted by Gasteiger charge is 2.39. The summed E-state index contributed by atoms with van der Waals surface area (Å²) in [5.41, 5.74) is 10.5. The number of rotatable bonds is 5. The normalized spacial score (nSPS) is 12.2. The fourth-order valence-corrected chi connectivity index (χ4v) is 8.86. The van der Waals surface area contributed by atoms with E-state index in [2.05, 4.69) is 191 Å². The fourth-order valence-electron chi connectivity index (χ4n) is 8.86. The Labute approximate surface area is 305 Å². The highest BCUT2D eigenvalue weighted by atomic mass is 15.1.